The lowest BCUT2D eigenvalue weighted by atomic mass is 10.1. The van der Waals surface area contributed by atoms with Crippen LogP contribution in [0.15, 0.2) is 29.6 Å². The number of carbonyl (C=O) groups excluding carboxylic acids is 1. The number of nitrogens with two attached hydrogens (primary N) is 1. The molecule has 2 rings (SSSR count). The highest BCUT2D eigenvalue weighted by Gasteiger charge is 2.10. The van der Waals surface area contributed by atoms with Crippen LogP contribution in [0.25, 0.3) is 0 Å². The summed E-state index contributed by atoms with van der Waals surface area (Å²) >= 11 is 1.48. The molecule has 0 aliphatic carbocycles. The summed E-state index contributed by atoms with van der Waals surface area (Å²) in [6.07, 6.45) is 0.718. The number of aromatic nitrogens is 1. The third-order valence-corrected chi connectivity index (χ3v) is 3.75. The Morgan fingerprint density at radius 3 is 2.85 bits per heavy atom. The van der Waals surface area contributed by atoms with Crippen molar-refractivity contribution in [2.24, 2.45) is 5.73 Å². The monoisotopic (exact) mass is 311 g/mol. The topological polar surface area (TPSA) is 68.0 Å². The van der Waals surface area contributed by atoms with E-state index in [4.69, 9.17) is 5.73 Å². The van der Waals surface area contributed by atoms with Crippen LogP contribution in [0.2, 0.25) is 0 Å². The molecule has 0 bridgehead atoms. The van der Waals surface area contributed by atoms with Gasteiger partial charge in [0.1, 0.15) is 5.69 Å². The normalized spacial score (nSPS) is 9.90. The summed E-state index contributed by atoms with van der Waals surface area (Å²) in [6.45, 7) is 3.11. The van der Waals surface area contributed by atoms with Crippen LogP contribution < -0.4 is 11.1 Å². The predicted molar refractivity (Wildman–Crippen MR) is 84.5 cm³/mol. The SMILES string of the molecule is Cc1ccccc1CNC(=O)c1csc(CCN)n1.Cl. The van der Waals surface area contributed by atoms with Crippen molar-refractivity contribution in [1.29, 1.82) is 0 Å². The molecule has 6 heteroatoms. The molecular weight excluding hydrogens is 294 g/mol. The highest BCUT2D eigenvalue weighted by Crippen LogP contribution is 2.11. The lowest BCUT2D eigenvalue weighted by Crippen LogP contribution is -2.23. The number of rotatable bonds is 5. The molecule has 0 unspecified atom stereocenters. The van der Waals surface area contributed by atoms with E-state index >= 15 is 0 Å². The molecule has 2 aromatic rings. The van der Waals surface area contributed by atoms with Crippen molar-refractivity contribution < 1.29 is 4.79 Å². The Balaban J connectivity index is 0.00000200. The van der Waals surface area contributed by atoms with E-state index in [1.54, 1.807) is 5.38 Å². The van der Waals surface area contributed by atoms with Crippen LogP contribution in [0, 0.1) is 6.92 Å². The molecule has 3 N–H and O–H groups in total. The molecule has 0 aliphatic heterocycles. The Labute approximate surface area is 128 Å². The van der Waals surface area contributed by atoms with Gasteiger partial charge in [-0.2, -0.15) is 0 Å². The zero-order valence-corrected chi connectivity index (χ0v) is 12.9. The van der Waals surface area contributed by atoms with Gasteiger partial charge in [-0.05, 0) is 24.6 Å². The van der Waals surface area contributed by atoms with E-state index in [9.17, 15) is 4.79 Å². The smallest absolute Gasteiger partial charge is 0.271 e. The first-order valence-electron chi connectivity index (χ1n) is 6.18. The van der Waals surface area contributed by atoms with Crippen LogP contribution in [0.1, 0.15) is 26.6 Å². The first kappa shape index (κ1) is 16.6. The van der Waals surface area contributed by atoms with Crippen LogP contribution in [0.5, 0.6) is 0 Å². The van der Waals surface area contributed by atoms with E-state index in [1.807, 2.05) is 31.2 Å². The Hall–Kier alpha value is -1.43. The van der Waals surface area contributed by atoms with Gasteiger partial charge in [0.25, 0.3) is 5.91 Å². The summed E-state index contributed by atoms with van der Waals surface area (Å²) in [4.78, 5) is 16.2. The molecular formula is C14H18ClN3OS. The van der Waals surface area contributed by atoms with E-state index in [0.717, 1.165) is 17.0 Å². The average molecular weight is 312 g/mol. The highest BCUT2D eigenvalue weighted by atomic mass is 35.5. The van der Waals surface area contributed by atoms with E-state index in [1.165, 1.54) is 16.9 Å². The lowest BCUT2D eigenvalue weighted by molar-refractivity contribution is 0.0946. The minimum Gasteiger partial charge on any atom is -0.347 e. The molecule has 1 amide bonds. The number of thiazole rings is 1. The van der Waals surface area contributed by atoms with E-state index in [2.05, 4.69) is 10.3 Å². The van der Waals surface area contributed by atoms with Gasteiger partial charge in [0.15, 0.2) is 0 Å². The third-order valence-electron chi connectivity index (χ3n) is 2.84. The summed E-state index contributed by atoms with van der Waals surface area (Å²) in [5, 5.41) is 5.57. The molecule has 0 spiro atoms. The van der Waals surface area contributed by atoms with Crippen molar-refractivity contribution in [2.45, 2.75) is 19.9 Å². The fourth-order valence-electron chi connectivity index (χ4n) is 1.73. The summed E-state index contributed by atoms with van der Waals surface area (Å²) in [7, 11) is 0. The minimum atomic E-state index is -0.136. The first-order chi connectivity index (χ1) is 9.20. The second kappa shape index (κ2) is 7.99. The van der Waals surface area contributed by atoms with Gasteiger partial charge in [0.05, 0.1) is 5.01 Å². The van der Waals surface area contributed by atoms with Crippen molar-refractivity contribution in [3.8, 4) is 0 Å². The van der Waals surface area contributed by atoms with Crippen LogP contribution in [-0.4, -0.2) is 17.4 Å². The average Bonchev–Trinajstić information content (AvgIpc) is 2.87. The Kier molecular flexibility index (Phi) is 6.64. The van der Waals surface area contributed by atoms with Gasteiger partial charge in [-0.1, -0.05) is 24.3 Å². The molecule has 20 heavy (non-hydrogen) atoms. The second-order valence-electron chi connectivity index (χ2n) is 4.27. The zero-order valence-electron chi connectivity index (χ0n) is 11.3. The molecule has 1 aromatic carbocycles. The Bertz CT molecular complexity index is 571. The predicted octanol–water partition coefficient (Wildman–Crippen LogP) is 2.30. The highest BCUT2D eigenvalue weighted by molar-refractivity contribution is 7.09. The quantitative estimate of drug-likeness (QED) is 0.890. The molecule has 1 heterocycles. The maximum absolute atomic E-state index is 11.9. The first-order valence-corrected chi connectivity index (χ1v) is 7.06. The van der Waals surface area contributed by atoms with Crippen molar-refractivity contribution in [2.75, 3.05) is 6.54 Å². The number of benzene rings is 1. The number of nitrogens with one attached hydrogen (secondary N) is 1. The summed E-state index contributed by atoms with van der Waals surface area (Å²) in [5.41, 5.74) is 8.23. The number of hydrogen-bond donors (Lipinski definition) is 2. The van der Waals surface area contributed by atoms with Gasteiger partial charge >= 0.3 is 0 Å². The fraction of sp³-hybridized carbons (Fsp3) is 0.286. The van der Waals surface area contributed by atoms with Crippen molar-refractivity contribution in [1.82, 2.24) is 10.3 Å². The summed E-state index contributed by atoms with van der Waals surface area (Å²) in [5.74, 6) is -0.136. The van der Waals surface area contributed by atoms with Crippen LogP contribution >= 0.6 is 23.7 Å². The van der Waals surface area contributed by atoms with E-state index in [0.29, 0.717) is 18.8 Å². The van der Waals surface area contributed by atoms with Gasteiger partial charge in [-0.15, -0.1) is 23.7 Å². The minimum absolute atomic E-state index is 0. The number of aryl methyl sites for hydroxylation is 1. The Morgan fingerprint density at radius 1 is 1.40 bits per heavy atom. The second-order valence-corrected chi connectivity index (χ2v) is 5.22. The van der Waals surface area contributed by atoms with Gasteiger partial charge in [-0.3, -0.25) is 4.79 Å². The molecule has 0 atom stereocenters. The number of hydrogen-bond acceptors (Lipinski definition) is 4. The zero-order chi connectivity index (χ0) is 13.7. The maximum atomic E-state index is 11.9. The van der Waals surface area contributed by atoms with Crippen LogP contribution in [-0.2, 0) is 13.0 Å². The summed E-state index contributed by atoms with van der Waals surface area (Å²) in [6, 6.07) is 8.00. The molecule has 0 saturated heterocycles. The molecule has 0 fully saturated rings. The number of amides is 1. The molecule has 0 aliphatic rings. The lowest BCUT2D eigenvalue weighted by Gasteiger charge is -2.06. The third kappa shape index (κ3) is 4.30. The van der Waals surface area contributed by atoms with Crippen molar-refractivity contribution >= 4 is 29.7 Å². The molecule has 0 radical (unpaired) electrons. The number of carbonyl (C=O) groups is 1. The molecule has 4 nitrogen and oxygen atoms in total. The maximum Gasteiger partial charge on any atom is 0.271 e. The van der Waals surface area contributed by atoms with E-state index < -0.39 is 0 Å². The molecule has 1 aromatic heterocycles. The molecule has 108 valence electrons. The van der Waals surface area contributed by atoms with Crippen LogP contribution in [0.3, 0.4) is 0 Å². The van der Waals surface area contributed by atoms with Crippen LogP contribution in [0.4, 0.5) is 0 Å². The van der Waals surface area contributed by atoms with E-state index in [-0.39, 0.29) is 18.3 Å². The van der Waals surface area contributed by atoms with Gasteiger partial charge < -0.3 is 11.1 Å². The fourth-order valence-corrected chi connectivity index (χ4v) is 2.52. The number of nitrogens with zero attached hydrogens (tertiary/aromatic N) is 1. The largest absolute Gasteiger partial charge is 0.347 e. The van der Waals surface area contributed by atoms with Gasteiger partial charge in [0, 0.05) is 18.3 Å². The number of halogens is 1. The molecule has 0 saturated carbocycles. The summed E-state index contributed by atoms with van der Waals surface area (Å²) < 4.78 is 0. The van der Waals surface area contributed by atoms with Crippen molar-refractivity contribution in [3.05, 3.63) is 51.5 Å². The van der Waals surface area contributed by atoms with Gasteiger partial charge in [-0.25, -0.2) is 4.98 Å². The van der Waals surface area contributed by atoms with Crippen molar-refractivity contribution in [3.63, 3.8) is 0 Å². The van der Waals surface area contributed by atoms with Gasteiger partial charge in [0.2, 0.25) is 0 Å². The Morgan fingerprint density at radius 2 is 2.15 bits per heavy atom. The standard InChI is InChI=1S/C14H17N3OS.ClH/c1-10-4-2-3-5-11(10)8-16-14(18)12-9-19-13(17-12)6-7-15;/h2-5,9H,6-8,15H2,1H3,(H,16,18);1H.